The molecule has 0 rings (SSSR count). The van der Waals surface area contributed by atoms with Crippen molar-refractivity contribution in [3.05, 3.63) is 0 Å². The van der Waals surface area contributed by atoms with E-state index in [1.54, 1.807) is 0 Å². The van der Waals surface area contributed by atoms with E-state index < -0.39 is 13.4 Å². The lowest BCUT2D eigenvalue weighted by molar-refractivity contribution is -0.109. The van der Waals surface area contributed by atoms with Crippen molar-refractivity contribution in [2.24, 2.45) is 0 Å². The van der Waals surface area contributed by atoms with Gasteiger partial charge in [0, 0.05) is 11.1 Å². The molecule has 0 heterocycles. The molecular weight excluding hydrogens is 54.0 g/mol. The van der Waals surface area contributed by atoms with Gasteiger partial charge in [0.25, 0.3) is 0 Å². The molecule has 0 atom stereocenters. The fourth-order valence-electron chi connectivity index (χ4n) is 0. The molecule has 1 N–H and O–H groups in total. The molecule has 0 saturated heterocycles. The summed E-state index contributed by atoms with van der Waals surface area (Å²) >= 11 is 0. The molecule has 0 fully saturated rings. The third kappa shape index (κ3) is 1.47. The first-order valence-electron chi connectivity index (χ1n) is 2.70. The first kappa shape index (κ1) is 0.506. The molecule has 0 saturated carbocycles. The molecule has 2 nitrogen and oxygen atoms in total. The summed E-state index contributed by atoms with van der Waals surface area (Å²) in [6, 6.07) is 0. The number of hydrogen-bond acceptors (Lipinski definition) is 1. The number of rotatable bonds is 0. The Balaban J connectivity index is 3.55. The Labute approximate surface area is 30.4 Å². The van der Waals surface area contributed by atoms with Crippen molar-refractivity contribution in [2.45, 2.75) is 0 Å². The van der Waals surface area contributed by atoms with E-state index >= 15 is 0 Å². The third-order valence-electron chi connectivity index (χ3n) is 0.0510. The van der Waals surface area contributed by atoms with Crippen molar-refractivity contribution in [3.8, 4) is 0 Å². The summed E-state index contributed by atoms with van der Waals surface area (Å²) in [7, 11) is 0. The van der Waals surface area contributed by atoms with Crippen LogP contribution in [0.2, 0.25) is 0 Å². The van der Waals surface area contributed by atoms with Crippen LogP contribution in [0.15, 0.2) is 0 Å². The van der Waals surface area contributed by atoms with E-state index in [2.05, 4.69) is 0 Å². The zero-order chi connectivity index (χ0) is 6.78. The van der Waals surface area contributed by atoms with Crippen molar-refractivity contribution in [3.63, 3.8) is 0 Å². The van der Waals surface area contributed by atoms with Gasteiger partial charge in [-0.3, -0.25) is 4.79 Å². The minimum Gasteiger partial charge on any atom is -0.362 e. The minimum atomic E-state index is -2.52. The van der Waals surface area contributed by atoms with Crippen molar-refractivity contribution < 1.29 is 10.3 Å². The highest BCUT2D eigenvalue weighted by atomic mass is 16.1. The Morgan fingerprint density at radius 1 is 2.75 bits per heavy atom. The molecule has 0 aliphatic rings. The summed E-state index contributed by atoms with van der Waals surface area (Å²) < 4.78 is 25.2. The van der Waals surface area contributed by atoms with Crippen LogP contribution in [0.1, 0.15) is 5.48 Å². The monoisotopic (exact) mass is 63.1 g/mol. The number of amides is 1. The molecule has 0 unspecified atom stereocenters. The lowest BCUT2D eigenvalue weighted by atomic mass is 11.2. The SMILES string of the molecule is [2H]C(=O)NC([2H])([2H])[2H]. The van der Waals surface area contributed by atoms with Crippen molar-refractivity contribution in [1.29, 1.82) is 0 Å². The molecule has 0 aromatic rings. The zero-order valence-electron chi connectivity index (χ0n) is 5.91. The van der Waals surface area contributed by atoms with Crippen LogP contribution in [0.25, 0.3) is 0 Å². The van der Waals surface area contributed by atoms with Gasteiger partial charge < -0.3 is 5.32 Å². The van der Waals surface area contributed by atoms with E-state index in [1.165, 1.54) is 5.32 Å². The van der Waals surface area contributed by atoms with E-state index in [4.69, 9.17) is 5.48 Å². The number of hydrogen-bond donors (Lipinski definition) is 1. The van der Waals surface area contributed by atoms with Gasteiger partial charge in [-0.05, 0) is 0 Å². The Kier molecular flexibility index (Phi) is 0.312. The molecule has 0 aliphatic carbocycles. The van der Waals surface area contributed by atoms with E-state index in [9.17, 15) is 4.79 Å². The average molecular weight is 63.1 g/mol. The predicted molar refractivity (Wildman–Crippen MR) is 15.1 cm³/mol. The molecule has 0 radical (unpaired) electrons. The maximum atomic E-state index is 9.65. The quantitative estimate of drug-likeness (QED) is 0.372. The van der Waals surface area contributed by atoms with Gasteiger partial charge in [0.1, 0.15) is 1.37 Å². The van der Waals surface area contributed by atoms with Gasteiger partial charge in [0.05, 0.1) is 0 Å². The van der Waals surface area contributed by atoms with Gasteiger partial charge in [-0.2, -0.15) is 0 Å². The van der Waals surface area contributed by atoms with E-state index in [1.807, 2.05) is 0 Å². The fourth-order valence-corrected chi connectivity index (χ4v) is 0. The summed E-state index contributed by atoms with van der Waals surface area (Å²) in [4.78, 5) is 9.65. The van der Waals surface area contributed by atoms with Crippen LogP contribution in [0.4, 0.5) is 0 Å². The highest BCUT2D eigenvalue weighted by molar-refractivity contribution is 5.44. The summed E-state index contributed by atoms with van der Waals surface area (Å²) in [5, 5.41) is 1.41. The lowest BCUT2D eigenvalue weighted by Gasteiger charge is -1.64. The van der Waals surface area contributed by atoms with Crippen LogP contribution in [-0.2, 0) is 4.79 Å². The van der Waals surface area contributed by atoms with Gasteiger partial charge in [-0.15, -0.1) is 0 Å². The predicted octanol–water partition coefficient (Wildman–Crippen LogP) is -0.638. The van der Waals surface area contributed by atoms with E-state index in [0.29, 0.717) is 0 Å². The summed E-state index contributed by atoms with van der Waals surface area (Å²) in [6.07, 6.45) is -1.29. The molecule has 1 amide bonds. The van der Waals surface area contributed by atoms with Crippen LogP contribution in [0, 0.1) is 0 Å². The van der Waals surface area contributed by atoms with Crippen molar-refractivity contribution in [2.75, 3.05) is 6.98 Å². The molecule has 24 valence electrons. The fraction of sp³-hybridized carbons (Fsp3) is 0.500. The topological polar surface area (TPSA) is 29.1 Å². The molecule has 0 spiro atoms. The van der Waals surface area contributed by atoms with Gasteiger partial charge in [-0.1, -0.05) is 0 Å². The van der Waals surface area contributed by atoms with E-state index in [-0.39, 0.29) is 0 Å². The summed E-state index contributed by atoms with van der Waals surface area (Å²) in [5.41, 5.74) is 0. The minimum absolute atomic E-state index is 1.29. The molecule has 0 aromatic heterocycles. The second kappa shape index (κ2) is 2.47. The highest BCUT2D eigenvalue weighted by Gasteiger charge is 1.43. The largest absolute Gasteiger partial charge is 0.362 e. The molecular formula is C2H5NO. The van der Waals surface area contributed by atoms with Gasteiger partial charge >= 0.3 is 0 Å². The van der Waals surface area contributed by atoms with Crippen molar-refractivity contribution >= 4 is 6.39 Å². The van der Waals surface area contributed by atoms with Crippen LogP contribution >= 0.6 is 0 Å². The third-order valence-corrected chi connectivity index (χ3v) is 0.0510. The number of carbonyl (C=O) groups is 1. The normalized spacial score (nSPS) is 23.0. The maximum Gasteiger partial charge on any atom is 0.206 e. The zero-order valence-corrected chi connectivity index (χ0v) is 1.91. The standard InChI is InChI=1S/C2H5NO/c1-3-2-4/h2H,1H3,(H,3,4)/i1D3,2D. The van der Waals surface area contributed by atoms with Gasteiger partial charge in [0.2, 0.25) is 6.39 Å². The molecule has 0 aliphatic heterocycles. The van der Waals surface area contributed by atoms with Gasteiger partial charge in [-0.25, -0.2) is 0 Å². The lowest BCUT2D eigenvalue weighted by Crippen LogP contribution is -1.98. The van der Waals surface area contributed by atoms with Crippen molar-refractivity contribution in [1.82, 2.24) is 5.32 Å². The van der Waals surface area contributed by atoms with E-state index in [0.717, 1.165) is 0 Å². The number of nitrogens with one attached hydrogen (secondary N) is 1. The Morgan fingerprint density at radius 3 is 3.50 bits per heavy atom. The average Bonchev–Trinajstić information content (AvgIpc) is 1.21. The second-order valence-electron chi connectivity index (χ2n) is 0.227. The Hall–Kier alpha value is -0.530. The summed E-state index contributed by atoms with van der Waals surface area (Å²) in [6.45, 7) is -2.52. The molecule has 2 heteroatoms. The molecule has 0 bridgehead atoms. The Morgan fingerprint density at radius 2 is 3.50 bits per heavy atom. The highest BCUT2D eigenvalue weighted by Crippen LogP contribution is 1.09. The smallest absolute Gasteiger partial charge is 0.206 e. The maximum absolute atomic E-state index is 9.65. The van der Waals surface area contributed by atoms with Crippen LogP contribution < -0.4 is 5.32 Å². The Bertz CT molecular complexity index is 96.7. The van der Waals surface area contributed by atoms with Crippen LogP contribution in [-0.4, -0.2) is 13.4 Å². The number of carbonyl (C=O) groups excluding carboxylic acids is 1. The molecule has 0 aromatic carbocycles. The second-order valence-corrected chi connectivity index (χ2v) is 0.227. The van der Waals surface area contributed by atoms with Gasteiger partial charge in [0.15, 0.2) is 0 Å². The first-order chi connectivity index (χ1) is 3.42. The van der Waals surface area contributed by atoms with Crippen LogP contribution in [0.3, 0.4) is 0 Å². The van der Waals surface area contributed by atoms with Crippen LogP contribution in [0.5, 0.6) is 0 Å². The summed E-state index contributed by atoms with van der Waals surface area (Å²) in [5.74, 6) is 0. The first-order valence-corrected chi connectivity index (χ1v) is 0.704. The molecule has 4 heavy (non-hydrogen) atoms.